The zero-order valence-corrected chi connectivity index (χ0v) is 18.2. The summed E-state index contributed by atoms with van der Waals surface area (Å²) < 4.78 is 9.00. The zero-order chi connectivity index (χ0) is 21.1. The van der Waals surface area contributed by atoms with Crippen LogP contribution in [0.15, 0.2) is 57.8 Å². The van der Waals surface area contributed by atoms with Crippen molar-refractivity contribution in [2.24, 2.45) is 0 Å². The number of ether oxygens (including phenoxy) is 1. The smallest absolute Gasteiger partial charge is 0.325 e. The Bertz CT molecular complexity index is 1280. The molecule has 0 saturated heterocycles. The summed E-state index contributed by atoms with van der Waals surface area (Å²) in [4.78, 5) is 17.3. The summed E-state index contributed by atoms with van der Waals surface area (Å²) in [6, 6.07) is 18.1. The van der Waals surface area contributed by atoms with Gasteiger partial charge in [-0.1, -0.05) is 30.3 Å². The number of benzene rings is 2. The van der Waals surface area contributed by atoms with E-state index >= 15 is 0 Å². The van der Waals surface area contributed by atoms with Crippen molar-refractivity contribution < 1.29 is 9.53 Å². The van der Waals surface area contributed by atoms with Crippen molar-refractivity contribution in [3.63, 3.8) is 0 Å². The number of rotatable bonds is 6. The summed E-state index contributed by atoms with van der Waals surface area (Å²) in [5, 5.41) is 10.8. The van der Waals surface area contributed by atoms with Crippen LogP contribution in [0.2, 0.25) is 0 Å². The van der Waals surface area contributed by atoms with Crippen molar-refractivity contribution in [1.82, 2.24) is 9.55 Å². The molecule has 2 aromatic heterocycles. The maximum absolute atomic E-state index is 12.1. The first-order valence-electron chi connectivity index (χ1n) is 9.49. The van der Waals surface area contributed by atoms with E-state index in [1.807, 2.05) is 66.1 Å². The standard InChI is InChI=1S/C23H19N3O2S2/c1-3-28-22(27)14-26-15(2)18(17-8-4-6-10-20(17)26)12-16(13-24)29-23-25-19-9-5-7-11-21(19)30-23/h4-12H,3,14H2,1-2H3. The molecule has 0 spiro atoms. The van der Waals surface area contributed by atoms with Crippen molar-refractivity contribution >= 4 is 56.3 Å². The molecule has 0 amide bonds. The number of thioether (sulfide) groups is 1. The van der Waals surface area contributed by atoms with Crippen molar-refractivity contribution in [3.05, 3.63) is 64.7 Å². The molecular formula is C23H19N3O2S2. The van der Waals surface area contributed by atoms with Crippen LogP contribution in [0.3, 0.4) is 0 Å². The van der Waals surface area contributed by atoms with Crippen molar-refractivity contribution in [1.29, 1.82) is 5.26 Å². The van der Waals surface area contributed by atoms with Gasteiger partial charge in [-0.3, -0.25) is 4.79 Å². The first-order chi connectivity index (χ1) is 14.6. The molecule has 0 fully saturated rings. The molecule has 2 aromatic carbocycles. The summed E-state index contributed by atoms with van der Waals surface area (Å²) in [5.74, 6) is -0.277. The molecule has 0 N–H and O–H groups in total. The average molecular weight is 434 g/mol. The van der Waals surface area contributed by atoms with Gasteiger partial charge >= 0.3 is 5.97 Å². The lowest BCUT2D eigenvalue weighted by Gasteiger charge is -2.07. The fourth-order valence-corrected chi connectivity index (χ4v) is 5.34. The third-order valence-electron chi connectivity index (χ3n) is 4.73. The van der Waals surface area contributed by atoms with Crippen molar-refractivity contribution in [3.8, 4) is 6.07 Å². The largest absolute Gasteiger partial charge is 0.465 e. The first-order valence-corrected chi connectivity index (χ1v) is 11.1. The van der Waals surface area contributed by atoms with Gasteiger partial charge in [-0.05, 0) is 49.9 Å². The fourth-order valence-electron chi connectivity index (χ4n) is 3.38. The summed E-state index contributed by atoms with van der Waals surface area (Å²) >= 11 is 2.94. The van der Waals surface area contributed by atoms with Crippen LogP contribution in [-0.4, -0.2) is 22.1 Å². The number of nitrogens with zero attached hydrogens (tertiary/aromatic N) is 3. The molecule has 0 unspecified atom stereocenters. The zero-order valence-electron chi connectivity index (χ0n) is 16.6. The summed E-state index contributed by atoms with van der Waals surface area (Å²) in [5.41, 5.74) is 3.73. The van der Waals surface area contributed by atoms with Crippen LogP contribution in [-0.2, 0) is 16.1 Å². The van der Waals surface area contributed by atoms with E-state index in [1.54, 1.807) is 18.3 Å². The van der Waals surface area contributed by atoms with Gasteiger partial charge in [0.2, 0.25) is 0 Å². The summed E-state index contributed by atoms with van der Waals surface area (Å²) in [6.45, 7) is 4.25. The Morgan fingerprint density at radius 1 is 1.27 bits per heavy atom. The molecular weight excluding hydrogens is 414 g/mol. The Hall–Kier alpha value is -3.08. The molecule has 0 radical (unpaired) electrons. The quantitative estimate of drug-likeness (QED) is 0.219. The van der Waals surface area contributed by atoms with E-state index < -0.39 is 0 Å². The van der Waals surface area contributed by atoms with Crippen LogP contribution in [0, 0.1) is 18.3 Å². The Morgan fingerprint density at radius 3 is 2.80 bits per heavy atom. The Kier molecular flexibility index (Phi) is 5.88. The number of allylic oxidation sites excluding steroid dienone is 1. The highest BCUT2D eigenvalue weighted by Crippen LogP contribution is 2.36. The Labute approximate surface area is 182 Å². The second-order valence-electron chi connectivity index (χ2n) is 6.58. The Morgan fingerprint density at radius 2 is 2.03 bits per heavy atom. The fraction of sp³-hybridized carbons (Fsp3) is 0.174. The normalized spacial score (nSPS) is 11.7. The number of para-hydroxylation sites is 2. The van der Waals surface area contributed by atoms with Gasteiger partial charge in [0.25, 0.3) is 0 Å². The lowest BCUT2D eigenvalue weighted by molar-refractivity contribution is -0.143. The number of hydrogen-bond acceptors (Lipinski definition) is 6. The van der Waals surface area contributed by atoms with E-state index in [0.29, 0.717) is 11.5 Å². The molecule has 4 rings (SSSR count). The molecule has 0 atom stereocenters. The molecule has 30 heavy (non-hydrogen) atoms. The van der Waals surface area contributed by atoms with Crippen LogP contribution in [0.25, 0.3) is 27.2 Å². The minimum Gasteiger partial charge on any atom is -0.465 e. The van der Waals surface area contributed by atoms with Gasteiger partial charge in [-0.25, -0.2) is 4.98 Å². The number of thiazole rings is 1. The van der Waals surface area contributed by atoms with Gasteiger partial charge in [0.1, 0.15) is 12.6 Å². The monoisotopic (exact) mass is 433 g/mol. The van der Waals surface area contributed by atoms with E-state index in [9.17, 15) is 10.1 Å². The molecule has 2 heterocycles. The predicted octanol–water partition coefficient (Wildman–Crippen LogP) is 5.78. The highest BCUT2D eigenvalue weighted by atomic mass is 32.2. The number of hydrogen-bond donors (Lipinski definition) is 0. The number of carbonyl (C=O) groups excluding carboxylic acids is 1. The van der Waals surface area contributed by atoms with Crippen LogP contribution in [0.4, 0.5) is 0 Å². The molecule has 5 nitrogen and oxygen atoms in total. The van der Waals surface area contributed by atoms with Crippen molar-refractivity contribution in [2.75, 3.05) is 6.61 Å². The van der Waals surface area contributed by atoms with Gasteiger partial charge in [0.15, 0.2) is 4.34 Å². The average Bonchev–Trinajstić information content (AvgIpc) is 3.27. The van der Waals surface area contributed by atoms with Crippen LogP contribution >= 0.6 is 23.1 Å². The molecule has 0 saturated carbocycles. The number of esters is 1. The first kappa shape index (κ1) is 20.2. The van der Waals surface area contributed by atoms with Gasteiger partial charge in [0, 0.05) is 22.2 Å². The Balaban J connectivity index is 1.73. The molecule has 7 heteroatoms. The van der Waals surface area contributed by atoms with Crippen LogP contribution in [0.5, 0.6) is 0 Å². The lowest BCUT2D eigenvalue weighted by atomic mass is 10.1. The van der Waals surface area contributed by atoms with Gasteiger partial charge < -0.3 is 9.30 Å². The maximum atomic E-state index is 12.1. The van der Waals surface area contributed by atoms with Crippen LogP contribution in [0.1, 0.15) is 18.2 Å². The second-order valence-corrected chi connectivity index (χ2v) is 8.90. The van der Waals surface area contributed by atoms with Crippen molar-refractivity contribution in [2.45, 2.75) is 24.7 Å². The summed E-state index contributed by atoms with van der Waals surface area (Å²) in [6.07, 6.45) is 1.88. The topological polar surface area (TPSA) is 67.9 Å². The molecule has 0 aliphatic heterocycles. The maximum Gasteiger partial charge on any atom is 0.325 e. The highest BCUT2D eigenvalue weighted by Gasteiger charge is 2.16. The van der Waals surface area contributed by atoms with E-state index in [1.165, 1.54) is 11.8 Å². The molecule has 4 aromatic rings. The van der Waals surface area contributed by atoms with E-state index in [-0.39, 0.29) is 12.5 Å². The van der Waals surface area contributed by atoms with Gasteiger partial charge in [-0.15, -0.1) is 11.3 Å². The lowest BCUT2D eigenvalue weighted by Crippen LogP contribution is -2.14. The minimum absolute atomic E-state index is 0.140. The van der Waals surface area contributed by atoms with Crippen LogP contribution < -0.4 is 0 Å². The molecule has 150 valence electrons. The van der Waals surface area contributed by atoms with E-state index in [0.717, 1.165) is 36.7 Å². The third-order valence-corrected chi connectivity index (χ3v) is 6.76. The third kappa shape index (κ3) is 3.97. The molecule has 0 bridgehead atoms. The SMILES string of the molecule is CCOC(=O)Cn1c(C)c(C=C(C#N)Sc2nc3ccccc3s2)c2ccccc21. The number of nitriles is 1. The minimum atomic E-state index is -0.277. The van der Waals surface area contributed by atoms with Gasteiger partial charge in [0.05, 0.1) is 21.7 Å². The number of fused-ring (bicyclic) bond motifs is 2. The number of carbonyl (C=O) groups is 1. The van der Waals surface area contributed by atoms with Gasteiger partial charge in [-0.2, -0.15) is 5.26 Å². The predicted molar refractivity (Wildman–Crippen MR) is 122 cm³/mol. The number of aromatic nitrogens is 2. The molecule has 0 aliphatic carbocycles. The highest BCUT2D eigenvalue weighted by molar-refractivity contribution is 8.05. The second kappa shape index (κ2) is 8.74. The van der Waals surface area contributed by atoms with E-state index in [4.69, 9.17) is 4.74 Å². The summed E-state index contributed by atoms with van der Waals surface area (Å²) in [7, 11) is 0. The van der Waals surface area contributed by atoms with E-state index in [2.05, 4.69) is 11.1 Å². The molecule has 0 aliphatic rings.